The second kappa shape index (κ2) is 8.52. The summed E-state index contributed by atoms with van der Waals surface area (Å²) >= 11 is 0. The minimum atomic E-state index is -0.194. The average molecular weight is 383 g/mol. The standard InChI is InChI=1S/C24H21N3O2/c28-22(14-21-24(29)23-19(15-26-21)12-7-13-25-23)27-16-20(17-8-3-1-4-9-17)18-10-5-2-6-11-18/h1-13,15,20,29H,14,16H2,(H,27,28). The number of carbonyl (C=O) groups excluding carboxylic acids is 1. The van der Waals surface area contributed by atoms with E-state index >= 15 is 0 Å². The molecule has 5 heteroatoms. The summed E-state index contributed by atoms with van der Waals surface area (Å²) in [5.74, 6) is -0.193. The van der Waals surface area contributed by atoms with Crippen molar-refractivity contribution in [1.82, 2.24) is 15.3 Å². The molecule has 2 heterocycles. The molecule has 2 aromatic carbocycles. The van der Waals surface area contributed by atoms with E-state index < -0.39 is 0 Å². The van der Waals surface area contributed by atoms with Gasteiger partial charge in [0.05, 0.1) is 12.1 Å². The molecule has 0 radical (unpaired) electrons. The third-order valence-electron chi connectivity index (χ3n) is 4.93. The number of hydrogen-bond acceptors (Lipinski definition) is 4. The van der Waals surface area contributed by atoms with Gasteiger partial charge in [0.1, 0.15) is 5.52 Å². The summed E-state index contributed by atoms with van der Waals surface area (Å²) in [4.78, 5) is 21.0. The molecule has 0 aliphatic carbocycles. The Morgan fingerprint density at radius 3 is 2.21 bits per heavy atom. The highest BCUT2D eigenvalue weighted by Gasteiger charge is 2.17. The molecule has 0 aliphatic heterocycles. The van der Waals surface area contributed by atoms with Crippen molar-refractivity contribution in [3.05, 3.63) is 102 Å². The van der Waals surface area contributed by atoms with E-state index in [-0.39, 0.29) is 24.0 Å². The van der Waals surface area contributed by atoms with Crippen LogP contribution in [0.25, 0.3) is 10.9 Å². The number of amides is 1. The highest BCUT2D eigenvalue weighted by atomic mass is 16.3. The molecule has 0 saturated carbocycles. The molecule has 0 saturated heterocycles. The minimum Gasteiger partial charge on any atom is -0.504 e. The Bertz CT molecular complexity index is 1080. The van der Waals surface area contributed by atoms with Gasteiger partial charge in [-0.2, -0.15) is 0 Å². The maximum atomic E-state index is 12.6. The van der Waals surface area contributed by atoms with Gasteiger partial charge in [-0.05, 0) is 23.3 Å². The molecule has 0 fully saturated rings. The van der Waals surface area contributed by atoms with Gasteiger partial charge in [0.25, 0.3) is 0 Å². The number of hydrogen-bond donors (Lipinski definition) is 2. The van der Waals surface area contributed by atoms with Crippen LogP contribution in [-0.2, 0) is 11.2 Å². The number of carbonyl (C=O) groups is 1. The zero-order chi connectivity index (χ0) is 20.1. The summed E-state index contributed by atoms with van der Waals surface area (Å²) in [7, 11) is 0. The Labute approximate surface area is 169 Å². The molecule has 0 atom stereocenters. The van der Waals surface area contributed by atoms with E-state index in [4.69, 9.17) is 0 Å². The molecule has 0 unspecified atom stereocenters. The van der Waals surface area contributed by atoms with Gasteiger partial charge in [0.15, 0.2) is 5.75 Å². The molecule has 2 aromatic heterocycles. The average Bonchev–Trinajstić information content (AvgIpc) is 2.77. The van der Waals surface area contributed by atoms with Gasteiger partial charge in [-0.15, -0.1) is 0 Å². The predicted octanol–water partition coefficient (Wildman–Crippen LogP) is 3.83. The molecule has 2 N–H and O–H groups in total. The van der Waals surface area contributed by atoms with Crippen molar-refractivity contribution < 1.29 is 9.90 Å². The maximum Gasteiger partial charge on any atom is 0.226 e. The zero-order valence-corrected chi connectivity index (χ0v) is 15.8. The second-order valence-corrected chi connectivity index (χ2v) is 6.85. The van der Waals surface area contributed by atoms with Crippen molar-refractivity contribution in [3.63, 3.8) is 0 Å². The van der Waals surface area contributed by atoms with Gasteiger partial charge < -0.3 is 10.4 Å². The van der Waals surface area contributed by atoms with Gasteiger partial charge in [0, 0.05) is 30.2 Å². The molecule has 4 aromatic rings. The molecule has 0 spiro atoms. The quantitative estimate of drug-likeness (QED) is 0.531. The van der Waals surface area contributed by atoms with Crippen LogP contribution in [0.2, 0.25) is 0 Å². The van der Waals surface area contributed by atoms with Crippen LogP contribution in [0.4, 0.5) is 0 Å². The number of fused-ring (bicyclic) bond motifs is 1. The van der Waals surface area contributed by atoms with E-state index in [1.54, 1.807) is 18.5 Å². The first-order chi connectivity index (χ1) is 14.2. The van der Waals surface area contributed by atoms with Crippen LogP contribution in [0.3, 0.4) is 0 Å². The summed E-state index contributed by atoms with van der Waals surface area (Å²) in [6.45, 7) is 0.458. The lowest BCUT2D eigenvalue weighted by molar-refractivity contribution is -0.120. The molecule has 5 nitrogen and oxygen atoms in total. The maximum absolute atomic E-state index is 12.6. The molecule has 4 rings (SSSR count). The SMILES string of the molecule is O=C(Cc1ncc2cccnc2c1O)NCC(c1ccccc1)c1ccccc1. The lowest BCUT2D eigenvalue weighted by atomic mass is 9.91. The van der Waals surface area contributed by atoms with Gasteiger partial charge in [0.2, 0.25) is 5.91 Å². The Morgan fingerprint density at radius 1 is 0.897 bits per heavy atom. The van der Waals surface area contributed by atoms with Crippen molar-refractivity contribution in [2.24, 2.45) is 0 Å². The molecule has 144 valence electrons. The van der Waals surface area contributed by atoms with Crippen LogP contribution in [-0.4, -0.2) is 27.5 Å². The van der Waals surface area contributed by atoms with E-state index in [0.29, 0.717) is 17.8 Å². The fourth-order valence-corrected chi connectivity index (χ4v) is 3.42. The van der Waals surface area contributed by atoms with Crippen LogP contribution >= 0.6 is 0 Å². The van der Waals surface area contributed by atoms with Crippen molar-refractivity contribution >= 4 is 16.8 Å². The molecule has 1 amide bonds. The Kier molecular flexibility index (Phi) is 5.47. The Hall–Kier alpha value is -3.73. The summed E-state index contributed by atoms with van der Waals surface area (Å²) in [6, 6.07) is 23.8. The Balaban J connectivity index is 1.49. The van der Waals surface area contributed by atoms with Gasteiger partial charge in [-0.25, -0.2) is 0 Å². The molecule has 29 heavy (non-hydrogen) atoms. The van der Waals surface area contributed by atoms with E-state index in [2.05, 4.69) is 39.6 Å². The van der Waals surface area contributed by atoms with E-state index in [1.807, 2.05) is 42.5 Å². The number of rotatable bonds is 6. The van der Waals surface area contributed by atoms with Gasteiger partial charge in [-0.3, -0.25) is 14.8 Å². The van der Waals surface area contributed by atoms with E-state index in [0.717, 1.165) is 16.5 Å². The topological polar surface area (TPSA) is 75.1 Å². The van der Waals surface area contributed by atoms with Crippen LogP contribution < -0.4 is 5.32 Å². The van der Waals surface area contributed by atoms with Crippen LogP contribution in [0.1, 0.15) is 22.7 Å². The van der Waals surface area contributed by atoms with E-state index in [1.165, 1.54) is 0 Å². The van der Waals surface area contributed by atoms with Crippen LogP contribution in [0.5, 0.6) is 5.75 Å². The monoisotopic (exact) mass is 383 g/mol. The fourth-order valence-electron chi connectivity index (χ4n) is 3.42. The lowest BCUT2D eigenvalue weighted by Gasteiger charge is -2.19. The number of pyridine rings is 2. The predicted molar refractivity (Wildman–Crippen MR) is 113 cm³/mol. The van der Waals surface area contributed by atoms with Gasteiger partial charge >= 0.3 is 0 Å². The number of aromatic hydroxyl groups is 1. The summed E-state index contributed by atoms with van der Waals surface area (Å²) in [5, 5.41) is 14.2. The number of benzene rings is 2. The summed E-state index contributed by atoms with van der Waals surface area (Å²) in [5.41, 5.74) is 3.05. The first-order valence-corrected chi connectivity index (χ1v) is 9.50. The number of nitrogens with one attached hydrogen (secondary N) is 1. The van der Waals surface area contributed by atoms with Crippen molar-refractivity contribution in [2.75, 3.05) is 6.54 Å². The molecular weight excluding hydrogens is 362 g/mol. The second-order valence-electron chi connectivity index (χ2n) is 6.85. The molecule has 0 bridgehead atoms. The Morgan fingerprint density at radius 2 is 1.55 bits per heavy atom. The number of nitrogens with zero attached hydrogens (tertiary/aromatic N) is 2. The highest BCUT2D eigenvalue weighted by Crippen LogP contribution is 2.26. The lowest BCUT2D eigenvalue weighted by Crippen LogP contribution is -2.30. The van der Waals surface area contributed by atoms with Crippen LogP contribution in [0.15, 0.2) is 85.2 Å². The highest BCUT2D eigenvalue weighted by molar-refractivity contribution is 5.86. The zero-order valence-electron chi connectivity index (χ0n) is 15.8. The molecule has 0 aliphatic rings. The third-order valence-corrected chi connectivity index (χ3v) is 4.93. The van der Waals surface area contributed by atoms with Crippen molar-refractivity contribution in [3.8, 4) is 5.75 Å². The largest absolute Gasteiger partial charge is 0.504 e. The summed E-state index contributed by atoms with van der Waals surface area (Å²) in [6.07, 6.45) is 3.23. The first-order valence-electron chi connectivity index (χ1n) is 9.50. The third kappa shape index (κ3) is 4.24. The minimum absolute atomic E-state index is 0.00531. The summed E-state index contributed by atoms with van der Waals surface area (Å²) < 4.78 is 0. The van der Waals surface area contributed by atoms with Crippen molar-refractivity contribution in [1.29, 1.82) is 0 Å². The fraction of sp³-hybridized carbons (Fsp3) is 0.125. The normalized spacial score (nSPS) is 10.9. The van der Waals surface area contributed by atoms with Crippen LogP contribution in [0, 0.1) is 0 Å². The first kappa shape index (κ1) is 18.6. The van der Waals surface area contributed by atoms with Crippen molar-refractivity contribution in [2.45, 2.75) is 12.3 Å². The molecular formula is C24H21N3O2. The van der Waals surface area contributed by atoms with Gasteiger partial charge in [-0.1, -0.05) is 60.7 Å². The number of aromatic nitrogens is 2. The smallest absolute Gasteiger partial charge is 0.226 e. The van der Waals surface area contributed by atoms with E-state index in [9.17, 15) is 9.90 Å².